The van der Waals surface area contributed by atoms with Crippen LogP contribution in [-0.2, 0) is 4.79 Å². The Morgan fingerprint density at radius 2 is 1.59 bits per heavy atom. The SMILES string of the molecule is O=C(NC(c1ccc(Br)cc1)C(O)C(=O)O)c1ccccc1. The molecule has 1 amide bonds. The van der Waals surface area contributed by atoms with Gasteiger partial charge in [0, 0.05) is 10.0 Å². The number of amides is 1. The maximum Gasteiger partial charge on any atom is 0.335 e. The summed E-state index contributed by atoms with van der Waals surface area (Å²) in [7, 11) is 0. The Kier molecular flexibility index (Phi) is 5.30. The fourth-order valence-electron chi connectivity index (χ4n) is 1.97. The molecule has 0 saturated heterocycles. The molecule has 2 rings (SSSR count). The summed E-state index contributed by atoms with van der Waals surface area (Å²) >= 11 is 3.28. The Labute approximate surface area is 135 Å². The first-order valence-corrected chi connectivity index (χ1v) is 7.30. The van der Waals surface area contributed by atoms with Crippen LogP contribution in [0.1, 0.15) is 22.0 Å². The van der Waals surface area contributed by atoms with Crippen molar-refractivity contribution in [3.63, 3.8) is 0 Å². The molecule has 0 aliphatic heterocycles. The smallest absolute Gasteiger partial charge is 0.335 e. The van der Waals surface area contributed by atoms with Crippen molar-refractivity contribution < 1.29 is 19.8 Å². The van der Waals surface area contributed by atoms with Crippen LogP contribution in [0, 0.1) is 0 Å². The zero-order valence-corrected chi connectivity index (χ0v) is 13.0. The number of hydrogen-bond donors (Lipinski definition) is 3. The number of carboxylic acid groups (broad SMARTS) is 1. The Balaban J connectivity index is 2.27. The maximum atomic E-state index is 12.2. The van der Waals surface area contributed by atoms with E-state index in [4.69, 9.17) is 5.11 Å². The molecule has 114 valence electrons. The van der Waals surface area contributed by atoms with Gasteiger partial charge < -0.3 is 15.5 Å². The highest BCUT2D eigenvalue weighted by Crippen LogP contribution is 2.21. The number of aliphatic carboxylic acids is 1. The largest absolute Gasteiger partial charge is 0.479 e. The first kappa shape index (κ1) is 16.2. The molecule has 0 radical (unpaired) electrons. The molecule has 6 heteroatoms. The number of carbonyl (C=O) groups is 2. The van der Waals surface area contributed by atoms with E-state index in [1.165, 1.54) is 0 Å². The zero-order chi connectivity index (χ0) is 16.1. The standard InChI is InChI=1S/C16H14BrNO4/c17-12-8-6-10(7-9-12)13(14(19)16(21)22)18-15(20)11-4-2-1-3-5-11/h1-9,13-14,19H,(H,18,20)(H,21,22). The Morgan fingerprint density at radius 3 is 2.14 bits per heavy atom. The molecule has 0 saturated carbocycles. The number of hydrogen-bond acceptors (Lipinski definition) is 3. The number of halogens is 1. The van der Waals surface area contributed by atoms with Gasteiger partial charge >= 0.3 is 5.97 Å². The monoisotopic (exact) mass is 363 g/mol. The van der Waals surface area contributed by atoms with Gasteiger partial charge in [0.25, 0.3) is 5.91 Å². The van der Waals surface area contributed by atoms with Gasteiger partial charge in [-0.3, -0.25) is 4.79 Å². The van der Waals surface area contributed by atoms with Crippen LogP contribution in [0.25, 0.3) is 0 Å². The molecule has 0 heterocycles. The third-order valence-corrected chi connectivity index (χ3v) is 3.65. The summed E-state index contributed by atoms with van der Waals surface area (Å²) in [6.45, 7) is 0. The van der Waals surface area contributed by atoms with Crippen LogP contribution in [0.5, 0.6) is 0 Å². The van der Waals surface area contributed by atoms with Crippen LogP contribution in [0.2, 0.25) is 0 Å². The third-order valence-electron chi connectivity index (χ3n) is 3.12. The molecule has 2 aromatic carbocycles. The maximum absolute atomic E-state index is 12.2. The molecule has 2 aromatic rings. The highest BCUT2D eigenvalue weighted by atomic mass is 79.9. The first-order chi connectivity index (χ1) is 10.5. The quantitative estimate of drug-likeness (QED) is 0.760. The van der Waals surface area contributed by atoms with Crippen molar-refractivity contribution in [3.8, 4) is 0 Å². The fourth-order valence-corrected chi connectivity index (χ4v) is 2.24. The molecule has 2 atom stereocenters. The van der Waals surface area contributed by atoms with Crippen molar-refractivity contribution in [2.24, 2.45) is 0 Å². The highest BCUT2D eigenvalue weighted by molar-refractivity contribution is 9.10. The number of carbonyl (C=O) groups excluding carboxylic acids is 1. The van der Waals surface area contributed by atoms with Crippen LogP contribution in [0.15, 0.2) is 59.1 Å². The van der Waals surface area contributed by atoms with Crippen LogP contribution in [0.4, 0.5) is 0 Å². The van der Waals surface area contributed by atoms with Crippen molar-refractivity contribution >= 4 is 27.8 Å². The van der Waals surface area contributed by atoms with E-state index in [2.05, 4.69) is 21.2 Å². The van der Waals surface area contributed by atoms with Crippen molar-refractivity contribution in [2.75, 3.05) is 0 Å². The number of rotatable bonds is 5. The van der Waals surface area contributed by atoms with Crippen molar-refractivity contribution in [1.82, 2.24) is 5.32 Å². The predicted molar refractivity (Wildman–Crippen MR) is 84.4 cm³/mol. The topological polar surface area (TPSA) is 86.6 Å². The lowest BCUT2D eigenvalue weighted by molar-refractivity contribution is -0.148. The number of benzene rings is 2. The van der Waals surface area contributed by atoms with Gasteiger partial charge in [0.05, 0.1) is 6.04 Å². The van der Waals surface area contributed by atoms with E-state index in [0.717, 1.165) is 4.47 Å². The molecular weight excluding hydrogens is 350 g/mol. The number of carboxylic acids is 1. The summed E-state index contributed by atoms with van der Waals surface area (Å²) in [5.41, 5.74) is 0.893. The molecule has 0 fully saturated rings. The van der Waals surface area contributed by atoms with E-state index in [-0.39, 0.29) is 0 Å². The van der Waals surface area contributed by atoms with Crippen LogP contribution in [0.3, 0.4) is 0 Å². The highest BCUT2D eigenvalue weighted by Gasteiger charge is 2.29. The summed E-state index contributed by atoms with van der Waals surface area (Å²) < 4.78 is 0.814. The molecule has 22 heavy (non-hydrogen) atoms. The minimum Gasteiger partial charge on any atom is -0.479 e. The van der Waals surface area contributed by atoms with Gasteiger partial charge in [-0.1, -0.05) is 46.3 Å². The van der Waals surface area contributed by atoms with E-state index in [1.54, 1.807) is 54.6 Å². The van der Waals surface area contributed by atoms with Crippen LogP contribution < -0.4 is 5.32 Å². The number of aliphatic hydroxyl groups excluding tert-OH is 1. The van der Waals surface area contributed by atoms with E-state index in [0.29, 0.717) is 11.1 Å². The molecule has 0 aliphatic rings. The summed E-state index contributed by atoms with van der Waals surface area (Å²) in [6.07, 6.45) is -1.74. The summed E-state index contributed by atoms with van der Waals surface area (Å²) in [5.74, 6) is -1.85. The van der Waals surface area contributed by atoms with Gasteiger partial charge in [0.15, 0.2) is 6.10 Å². The molecule has 0 aromatic heterocycles. The minimum atomic E-state index is -1.74. The lowest BCUT2D eigenvalue weighted by Gasteiger charge is -2.22. The Bertz CT molecular complexity index is 658. The zero-order valence-electron chi connectivity index (χ0n) is 11.4. The normalized spacial score (nSPS) is 13.2. The van der Waals surface area contributed by atoms with Crippen LogP contribution in [-0.4, -0.2) is 28.2 Å². The van der Waals surface area contributed by atoms with Crippen molar-refractivity contribution in [2.45, 2.75) is 12.1 Å². The van der Waals surface area contributed by atoms with Gasteiger partial charge in [0.1, 0.15) is 0 Å². The van der Waals surface area contributed by atoms with Gasteiger partial charge in [0.2, 0.25) is 0 Å². The number of nitrogens with one attached hydrogen (secondary N) is 1. The lowest BCUT2D eigenvalue weighted by Crippen LogP contribution is -2.40. The van der Waals surface area contributed by atoms with E-state index < -0.39 is 24.0 Å². The van der Waals surface area contributed by atoms with Gasteiger partial charge in [-0.15, -0.1) is 0 Å². The molecule has 3 N–H and O–H groups in total. The summed E-state index contributed by atoms with van der Waals surface area (Å²) in [4.78, 5) is 23.3. The van der Waals surface area contributed by atoms with E-state index >= 15 is 0 Å². The van der Waals surface area contributed by atoms with E-state index in [9.17, 15) is 14.7 Å². The average Bonchev–Trinajstić information content (AvgIpc) is 2.53. The third kappa shape index (κ3) is 3.93. The lowest BCUT2D eigenvalue weighted by atomic mass is 10.0. The molecular formula is C16H14BrNO4. The second-order valence-electron chi connectivity index (χ2n) is 4.65. The van der Waals surface area contributed by atoms with E-state index in [1.807, 2.05) is 0 Å². The second kappa shape index (κ2) is 7.20. The molecule has 2 unspecified atom stereocenters. The molecule has 0 aliphatic carbocycles. The predicted octanol–water partition coefficient (Wildman–Crippen LogP) is 2.37. The Hall–Kier alpha value is -2.18. The summed E-state index contributed by atoms with van der Waals surface area (Å²) in [6, 6.07) is 14.1. The van der Waals surface area contributed by atoms with Crippen molar-refractivity contribution in [3.05, 3.63) is 70.2 Å². The van der Waals surface area contributed by atoms with Crippen LogP contribution >= 0.6 is 15.9 Å². The van der Waals surface area contributed by atoms with Crippen molar-refractivity contribution in [1.29, 1.82) is 0 Å². The average molecular weight is 364 g/mol. The van der Waals surface area contributed by atoms with Gasteiger partial charge in [-0.05, 0) is 29.8 Å². The molecule has 0 spiro atoms. The van der Waals surface area contributed by atoms with Gasteiger partial charge in [-0.2, -0.15) is 0 Å². The molecule has 0 bridgehead atoms. The number of aliphatic hydroxyl groups is 1. The Morgan fingerprint density at radius 1 is 1.00 bits per heavy atom. The molecule has 5 nitrogen and oxygen atoms in total. The first-order valence-electron chi connectivity index (χ1n) is 6.51. The minimum absolute atomic E-state index is 0.391. The van der Waals surface area contributed by atoms with Gasteiger partial charge in [-0.25, -0.2) is 4.79 Å². The fraction of sp³-hybridized carbons (Fsp3) is 0.125. The summed E-state index contributed by atoms with van der Waals surface area (Å²) in [5, 5.41) is 21.5. The second-order valence-corrected chi connectivity index (χ2v) is 5.57.